The molecule has 17 heavy (non-hydrogen) atoms. The van der Waals surface area contributed by atoms with E-state index in [9.17, 15) is 0 Å². The molecule has 1 heterocycles. The van der Waals surface area contributed by atoms with Gasteiger partial charge in [0.15, 0.2) is 0 Å². The van der Waals surface area contributed by atoms with Gasteiger partial charge < -0.3 is 15.8 Å². The summed E-state index contributed by atoms with van der Waals surface area (Å²) in [5, 5.41) is 3.60. The topological polar surface area (TPSA) is 47.3 Å². The highest BCUT2D eigenvalue weighted by Crippen LogP contribution is 2.30. The Labute approximate surface area is 107 Å². The molecule has 0 saturated carbocycles. The minimum Gasteiger partial charge on any atom is -0.497 e. The maximum Gasteiger partial charge on any atom is 0.119 e. The quantitative estimate of drug-likeness (QED) is 0.863. The van der Waals surface area contributed by atoms with Gasteiger partial charge in [0.2, 0.25) is 0 Å². The highest BCUT2D eigenvalue weighted by atomic mass is 32.2. The molecule has 2 rings (SSSR count). The zero-order chi connectivity index (χ0) is 12.1. The first-order chi connectivity index (χ1) is 8.28. The van der Waals surface area contributed by atoms with Crippen molar-refractivity contribution < 1.29 is 4.74 Å². The summed E-state index contributed by atoms with van der Waals surface area (Å²) in [4.78, 5) is 0. The van der Waals surface area contributed by atoms with E-state index in [0.717, 1.165) is 24.3 Å². The standard InChI is InChI=1S/C13H20N2OS/c1-16-12-4-2-11(3-5-12)15-13(10-14)6-8-17-9-7-13/h2-5,15H,6-10,14H2,1H3. The van der Waals surface area contributed by atoms with Gasteiger partial charge in [-0.1, -0.05) is 0 Å². The molecule has 0 spiro atoms. The lowest BCUT2D eigenvalue weighted by Gasteiger charge is -2.37. The first kappa shape index (κ1) is 12.6. The minimum atomic E-state index is 0.0832. The molecule has 1 fully saturated rings. The zero-order valence-corrected chi connectivity index (χ0v) is 11.1. The molecule has 1 aliphatic heterocycles. The average molecular weight is 252 g/mol. The summed E-state index contributed by atoms with van der Waals surface area (Å²) < 4.78 is 5.15. The number of thioether (sulfide) groups is 1. The Hall–Kier alpha value is -0.870. The molecule has 0 atom stereocenters. The molecular weight excluding hydrogens is 232 g/mol. The number of ether oxygens (including phenoxy) is 1. The van der Waals surface area contributed by atoms with Crippen LogP contribution in [0.15, 0.2) is 24.3 Å². The van der Waals surface area contributed by atoms with Crippen molar-refractivity contribution >= 4 is 17.4 Å². The molecule has 1 aromatic carbocycles. The molecule has 94 valence electrons. The Bertz CT molecular complexity index is 347. The Morgan fingerprint density at radius 3 is 2.47 bits per heavy atom. The first-order valence-corrected chi connectivity index (χ1v) is 7.13. The van der Waals surface area contributed by atoms with Gasteiger partial charge in [0.1, 0.15) is 5.75 Å². The van der Waals surface area contributed by atoms with Gasteiger partial charge in [-0.15, -0.1) is 0 Å². The number of rotatable bonds is 4. The van der Waals surface area contributed by atoms with Crippen LogP contribution >= 0.6 is 11.8 Å². The van der Waals surface area contributed by atoms with Crippen molar-refractivity contribution in [3.8, 4) is 5.75 Å². The third-order valence-corrected chi connectivity index (χ3v) is 4.33. The summed E-state index contributed by atoms with van der Waals surface area (Å²) in [6.07, 6.45) is 2.28. The number of nitrogens with one attached hydrogen (secondary N) is 1. The molecule has 0 radical (unpaired) electrons. The lowest BCUT2D eigenvalue weighted by atomic mass is 9.92. The van der Waals surface area contributed by atoms with Gasteiger partial charge in [-0.25, -0.2) is 0 Å². The second-order valence-corrected chi connectivity index (χ2v) is 5.68. The van der Waals surface area contributed by atoms with Gasteiger partial charge in [0.05, 0.1) is 12.6 Å². The van der Waals surface area contributed by atoms with Crippen LogP contribution in [0.2, 0.25) is 0 Å². The smallest absolute Gasteiger partial charge is 0.119 e. The van der Waals surface area contributed by atoms with E-state index >= 15 is 0 Å². The Morgan fingerprint density at radius 2 is 1.94 bits per heavy atom. The molecule has 0 unspecified atom stereocenters. The summed E-state index contributed by atoms with van der Waals surface area (Å²) in [6, 6.07) is 8.06. The summed E-state index contributed by atoms with van der Waals surface area (Å²) in [6.45, 7) is 0.694. The van der Waals surface area contributed by atoms with E-state index in [1.54, 1.807) is 7.11 Å². The molecule has 0 bridgehead atoms. The van der Waals surface area contributed by atoms with Crippen LogP contribution in [0, 0.1) is 0 Å². The molecule has 3 nitrogen and oxygen atoms in total. The fourth-order valence-electron chi connectivity index (χ4n) is 2.12. The highest BCUT2D eigenvalue weighted by molar-refractivity contribution is 7.99. The Morgan fingerprint density at radius 1 is 1.29 bits per heavy atom. The van der Waals surface area contributed by atoms with Gasteiger partial charge in [-0.2, -0.15) is 11.8 Å². The second-order valence-electron chi connectivity index (χ2n) is 4.45. The lowest BCUT2D eigenvalue weighted by molar-refractivity contribution is 0.414. The van der Waals surface area contributed by atoms with Crippen LogP contribution in [-0.2, 0) is 0 Å². The van der Waals surface area contributed by atoms with E-state index < -0.39 is 0 Å². The Kier molecular flexibility index (Phi) is 4.18. The van der Waals surface area contributed by atoms with Crippen LogP contribution in [0.25, 0.3) is 0 Å². The zero-order valence-electron chi connectivity index (χ0n) is 10.2. The SMILES string of the molecule is COc1ccc(NC2(CN)CCSCC2)cc1. The number of hydrogen-bond acceptors (Lipinski definition) is 4. The third-order valence-electron chi connectivity index (χ3n) is 3.34. The van der Waals surface area contributed by atoms with Crippen molar-refractivity contribution in [2.45, 2.75) is 18.4 Å². The van der Waals surface area contributed by atoms with E-state index in [2.05, 4.69) is 17.4 Å². The van der Waals surface area contributed by atoms with Gasteiger partial charge in [0, 0.05) is 12.2 Å². The summed E-state index contributed by atoms with van der Waals surface area (Å²) >= 11 is 2.01. The first-order valence-electron chi connectivity index (χ1n) is 5.98. The van der Waals surface area contributed by atoms with Crippen molar-refractivity contribution in [2.24, 2.45) is 5.73 Å². The van der Waals surface area contributed by atoms with Crippen molar-refractivity contribution in [1.82, 2.24) is 0 Å². The van der Waals surface area contributed by atoms with Crippen LogP contribution in [-0.4, -0.2) is 30.7 Å². The van der Waals surface area contributed by atoms with Gasteiger partial charge in [-0.3, -0.25) is 0 Å². The van der Waals surface area contributed by atoms with E-state index in [0.29, 0.717) is 6.54 Å². The van der Waals surface area contributed by atoms with E-state index in [1.165, 1.54) is 11.5 Å². The molecule has 0 aromatic heterocycles. The van der Waals surface area contributed by atoms with Crippen molar-refractivity contribution in [1.29, 1.82) is 0 Å². The largest absolute Gasteiger partial charge is 0.497 e. The summed E-state index contributed by atoms with van der Waals surface area (Å²) in [5.74, 6) is 3.28. The number of anilines is 1. The number of nitrogens with two attached hydrogens (primary N) is 1. The van der Waals surface area contributed by atoms with Crippen LogP contribution < -0.4 is 15.8 Å². The number of methoxy groups -OCH3 is 1. The molecule has 0 aliphatic carbocycles. The van der Waals surface area contributed by atoms with Crippen molar-refractivity contribution in [3.63, 3.8) is 0 Å². The molecule has 4 heteroatoms. The van der Waals surface area contributed by atoms with Gasteiger partial charge in [-0.05, 0) is 48.6 Å². The average Bonchev–Trinajstić information content (AvgIpc) is 2.41. The highest BCUT2D eigenvalue weighted by Gasteiger charge is 2.30. The van der Waals surface area contributed by atoms with Gasteiger partial charge in [0.25, 0.3) is 0 Å². The van der Waals surface area contributed by atoms with Crippen LogP contribution in [0.5, 0.6) is 5.75 Å². The van der Waals surface area contributed by atoms with Crippen LogP contribution in [0.3, 0.4) is 0 Å². The van der Waals surface area contributed by atoms with E-state index in [1.807, 2.05) is 23.9 Å². The lowest BCUT2D eigenvalue weighted by Crippen LogP contribution is -2.48. The summed E-state index contributed by atoms with van der Waals surface area (Å²) in [5.41, 5.74) is 7.16. The third kappa shape index (κ3) is 3.07. The van der Waals surface area contributed by atoms with Crippen molar-refractivity contribution in [2.75, 3.05) is 30.5 Å². The fraction of sp³-hybridized carbons (Fsp3) is 0.538. The van der Waals surface area contributed by atoms with Gasteiger partial charge >= 0.3 is 0 Å². The van der Waals surface area contributed by atoms with E-state index in [-0.39, 0.29) is 5.54 Å². The molecule has 1 saturated heterocycles. The van der Waals surface area contributed by atoms with E-state index in [4.69, 9.17) is 10.5 Å². The maximum absolute atomic E-state index is 5.95. The second kappa shape index (κ2) is 5.65. The summed E-state index contributed by atoms with van der Waals surface area (Å²) in [7, 11) is 1.68. The minimum absolute atomic E-state index is 0.0832. The predicted octanol–water partition coefficient (Wildman–Crippen LogP) is 2.33. The monoisotopic (exact) mass is 252 g/mol. The Balaban J connectivity index is 2.06. The van der Waals surface area contributed by atoms with Crippen LogP contribution in [0.4, 0.5) is 5.69 Å². The predicted molar refractivity (Wildman–Crippen MR) is 75.0 cm³/mol. The van der Waals surface area contributed by atoms with Crippen molar-refractivity contribution in [3.05, 3.63) is 24.3 Å². The number of hydrogen-bond donors (Lipinski definition) is 2. The molecule has 3 N–H and O–H groups in total. The molecular formula is C13H20N2OS. The number of benzene rings is 1. The molecule has 1 aromatic rings. The molecule has 1 aliphatic rings. The molecule has 0 amide bonds. The normalized spacial score (nSPS) is 18.7. The fourth-order valence-corrected chi connectivity index (χ4v) is 3.40. The maximum atomic E-state index is 5.95. The van der Waals surface area contributed by atoms with Crippen LogP contribution in [0.1, 0.15) is 12.8 Å².